The van der Waals surface area contributed by atoms with Gasteiger partial charge in [0, 0.05) is 7.05 Å². The van der Waals surface area contributed by atoms with E-state index >= 15 is 0 Å². The van der Waals surface area contributed by atoms with Crippen molar-refractivity contribution in [1.29, 1.82) is 0 Å². The van der Waals surface area contributed by atoms with Crippen LogP contribution in [0.4, 0.5) is 0 Å². The third-order valence-electron chi connectivity index (χ3n) is 3.56. The van der Waals surface area contributed by atoms with Crippen LogP contribution in [0.3, 0.4) is 0 Å². The molecule has 116 valence electrons. The van der Waals surface area contributed by atoms with Gasteiger partial charge in [-0.05, 0) is 30.3 Å². The SMILES string of the molecule is COC(=O)c1cccc(Oc2cccc3c2C(=O)N(C)C3=O)c1. The van der Waals surface area contributed by atoms with E-state index < -0.39 is 11.9 Å². The molecule has 0 bridgehead atoms. The molecule has 0 aromatic heterocycles. The quantitative estimate of drug-likeness (QED) is 0.643. The summed E-state index contributed by atoms with van der Waals surface area (Å²) in [6.45, 7) is 0. The van der Waals surface area contributed by atoms with Crippen molar-refractivity contribution in [1.82, 2.24) is 4.90 Å². The minimum Gasteiger partial charge on any atom is -0.465 e. The molecule has 0 atom stereocenters. The number of esters is 1. The Balaban J connectivity index is 1.99. The standard InChI is InChI=1S/C17H13NO5/c1-18-15(19)12-7-4-8-13(14(12)16(18)20)23-11-6-3-5-10(9-11)17(21)22-2/h3-9H,1-2H3. The molecular weight excluding hydrogens is 298 g/mol. The van der Waals surface area contributed by atoms with Crippen LogP contribution in [0.25, 0.3) is 0 Å². The second kappa shape index (κ2) is 5.57. The Hall–Kier alpha value is -3.15. The average molecular weight is 311 g/mol. The number of amides is 2. The number of ether oxygens (including phenoxy) is 2. The van der Waals surface area contributed by atoms with Crippen LogP contribution in [0.15, 0.2) is 42.5 Å². The van der Waals surface area contributed by atoms with Crippen molar-refractivity contribution in [2.45, 2.75) is 0 Å². The van der Waals surface area contributed by atoms with E-state index in [2.05, 4.69) is 4.74 Å². The molecule has 0 saturated heterocycles. The second-order valence-corrected chi connectivity index (χ2v) is 4.97. The Labute approximate surface area is 132 Å². The van der Waals surface area contributed by atoms with E-state index in [1.165, 1.54) is 20.2 Å². The molecule has 23 heavy (non-hydrogen) atoms. The minimum atomic E-state index is -0.486. The zero-order valence-electron chi connectivity index (χ0n) is 12.5. The van der Waals surface area contributed by atoms with E-state index in [4.69, 9.17) is 4.74 Å². The molecule has 0 saturated carbocycles. The lowest BCUT2D eigenvalue weighted by atomic mass is 10.1. The maximum Gasteiger partial charge on any atom is 0.337 e. The summed E-state index contributed by atoms with van der Waals surface area (Å²) >= 11 is 0. The first-order valence-electron chi connectivity index (χ1n) is 6.84. The molecule has 6 nitrogen and oxygen atoms in total. The first-order chi connectivity index (χ1) is 11.0. The van der Waals surface area contributed by atoms with Crippen LogP contribution in [-0.4, -0.2) is 36.8 Å². The van der Waals surface area contributed by atoms with Crippen molar-refractivity contribution in [3.63, 3.8) is 0 Å². The molecular formula is C17H13NO5. The normalized spacial score (nSPS) is 13.0. The summed E-state index contributed by atoms with van der Waals surface area (Å²) in [5, 5.41) is 0. The Kier molecular flexibility index (Phi) is 3.57. The molecule has 1 aliphatic rings. The van der Waals surface area contributed by atoms with Crippen molar-refractivity contribution in [3.8, 4) is 11.5 Å². The Bertz CT molecular complexity index is 827. The number of carbonyl (C=O) groups is 3. The lowest BCUT2D eigenvalue weighted by molar-refractivity contribution is 0.0598. The molecule has 0 spiro atoms. The molecule has 0 unspecified atom stereocenters. The Morgan fingerprint density at radius 2 is 1.78 bits per heavy atom. The fourth-order valence-corrected chi connectivity index (χ4v) is 2.39. The number of rotatable bonds is 3. The molecule has 3 rings (SSSR count). The van der Waals surface area contributed by atoms with E-state index in [9.17, 15) is 14.4 Å². The third kappa shape index (κ3) is 2.44. The van der Waals surface area contributed by atoms with Crippen LogP contribution in [0.1, 0.15) is 31.1 Å². The third-order valence-corrected chi connectivity index (χ3v) is 3.56. The van der Waals surface area contributed by atoms with Gasteiger partial charge in [-0.15, -0.1) is 0 Å². The summed E-state index contributed by atoms with van der Waals surface area (Å²) in [6, 6.07) is 11.2. The highest BCUT2D eigenvalue weighted by atomic mass is 16.5. The van der Waals surface area contributed by atoms with Gasteiger partial charge in [0.25, 0.3) is 11.8 Å². The van der Waals surface area contributed by atoms with Crippen LogP contribution in [0, 0.1) is 0 Å². The largest absolute Gasteiger partial charge is 0.465 e. The first kappa shape index (κ1) is 14.8. The predicted octanol–water partition coefficient (Wildman–Crippen LogP) is 2.49. The average Bonchev–Trinajstić information content (AvgIpc) is 2.80. The molecule has 0 fully saturated rings. The highest BCUT2D eigenvalue weighted by molar-refractivity contribution is 6.22. The molecule has 0 N–H and O–H groups in total. The van der Waals surface area contributed by atoms with E-state index in [0.717, 1.165) is 4.90 Å². The van der Waals surface area contributed by atoms with Gasteiger partial charge in [0.15, 0.2) is 0 Å². The lowest BCUT2D eigenvalue weighted by Crippen LogP contribution is -2.24. The van der Waals surface area contributed by atoms with Gasteiger partial charge < -0.3 is 9.47 Å². The number of nitrogens with zero attached hydrogens (tertiary/aromatic N) is 1. The van der Waals surface area contributed by atoms with Gasteiger partial charge in [-0.3, -0.25) is 14.5 Å². The number of carbonyl (C=O) groups excluding carboxylic acids is 3. The number of hydrogen-bond acceptors (Lipinski definition) is 5. The highest BCUT2D eigenvalue weighted by Crippen LogP contribution is 2.33. The van der Waals surface area contributed by atoms with Gasteiger partial charge >= 0.3 is 5.97 Å². The molecule has 0 radical (unpaired) electrons. The Morgan fingerprint density at radius 1 is 1.04 bits per heavy atom. The predicted molar refractivity (Wildman–Crippen MR) is 80.7 cm³/mol. The molecule has 2 aromatic rings. The molecule has 2 amide bonds. The number of imide groups is 1. The van der Waals surface area contributed by atoms with Gasteiger partial charge in [0.1, 0.15) is 11.5 Å². The van der Waals surface area contributed by atoms with Crippen LogP contribution >= 0.6 is 0 Å². The Morgan fingerprint density at radius 3 is 2.52 bits per heavy atom. The van der Waals surface area contributed by atoms with Crippen molar-refractivity contribution < 1.29 is 23.9 Å². The van der Waals surface area contributed by atoms with E-state index in [1.807, 2.05) is 0 Å². The molecule has 6 heteroatoms. The fraction of sp³-hybridized carbons (Fsp3) is 0.118. The highest BCUT2D eigenvalue weighted by Gasteiger charge is 2.35. The van der Waals surface area contributed by atoms with E-state index in [-0.39, 0.29) is 17.2 Å². The summed E-state index contributed by atoms with van der Waals surface area (Å²) in [7, 11) is 2.71. The fourth-order valence-electron chi connectivity index (χ4n) is 2.39. The number of benzene rings is 2. The molecule has 1 heterocycles. The van der Waals surface area contributed by atoms with Crippen LogP contribution in [-0.2, 0) is 4.74 Å². The molecule has 2 aromatic carbocycles. The van der Waals surface area contributed by atoms with Gasteiger partial charge in [0.2, 0.25) is 0 Å². The zero-order valence-corrected chi connectivity index (χ0v) is 12.5. The van der Waals surface area contributed by atoms with Crippen molar-refractivity contribution in [3.05, 3.63) is 59.2 Å². The van der Waals surface area contributed by atoms with Crippen LogP contribution < -0.4 is 4.74 Å². The summed E-state index contributed by atoms with van der Waals surface area (Å²) in [5.41, 5.74) is 0.861. The molecule has 0 aliphatic carbocycles. The van der Waals surface area contributed by atoms with Gasteiger partial charge in [-0.25, -0.2) is 4.79 Å². The first-order valence-corrected chi connectivity index (χ1v) is 6.84. The van der Waals surface area contributed by atoms with Crippen molar-refractivity contribution in [2.75, 3.05) is 14.2 Å². The smallest absolute Gasteiger partial charge is 0.337 e. The maximum atomic E-state index is 12.2. The topological polar surface area (TPSA) is 72.9 Å². The van der Waals surface area contributed by atoms with Gasteiger partial charge in [0.05, 0.1) is 23.8 Å². The van der Waals surface area contributed by atoms with Gasteiger partial charge in [-0.2, -0.15) is 0 Å². The lowest BCUT2D eigenvalue weighted by Gasteiger charge is -2.10. The monoisotopic (exact) mass is 311 g/mol. The summed E-state index contributed by atoms with van der Waals surface area (Å²) < 4.78 is 10.4. The summed E-state index contributed by atoms with van der Waals surface area (Å²) in [5.74, 6) is -0.619. The zero-order chi connectivity index (χ0) is 16.6. The van der Waals surface area contributed by atoms with Crippen molar-refractivity contribution in [2.24, 2.45) is 0 Å². The molecule has 1 aliphatic heterocycles. The van der Waals surface area contributed by atoms with Crippen molar-refractivity contribution >= 4 is 17.8 Å². The van der Waals surface area contributed by atoms with E-state index in [0.29, 0.717) is 16.9 Å². The number of methoxy groups -OCH3 is 1. The van der Waals surface area contributed by atoms with E-state index in [1.54, 1.807) is 36.4 Å². The second-order valence-electron chi connectivity index (χ2n) is 4.97. The van der Waals surface area contributed by atoms with Crippen LogP contribution in [0.5, 0.6) is 11.5 Å². The summed E-state index contributed by atoms with van der Waals surface area (Å²) in [6.07, 6.45) is 0. The van der Waals surface area contributed by atoms with Crippen LogP contribution in [0.2, 0.25) is 0 Å². The maximum absolute atomic E-state index is 12.2. The minimum absolute atomic E-state index is 0.225. The summed E-state index contributed by atoms with van der Waals surface area (Å²) in [4.78, 5) is 36.8. The van der Waals surface area contributed by atoms with Gasteiger partial charge in [-0.1, -0.05) is 12.1 Å². The number of fused-ring (bicyclic) bond motifs is 1. The number of hydrogen-bond donors (Lipinski definition) is 0.